The number of esters is 1. The molecule has 0 atom stereocenters. The van der Waals surface area contributed by atoms with E-state index in [0.717, 1.165) is 0 Å². The van der Waals surface area contributed by atoms with Gasteiger partial charge in [0.15, 0.2) is 5.78 Å². The summed E-state index contributed by atoms with van der Waals surface area (Å²) in [6.45, 7) is -0.138. The summed E-state index contributed by atoms with van der Waals surface area (Å²) in [5.41, 5.74) is 0.515. The van der Waals surface area contributed by atoms with Crippen molar-refractivity contribution in [3.05, 3.63) is 75.1 Å². The van der Waals surface area contributed by atoms with Gasteiger partial charge >= 0.3 is 11.6 Å². The average molecular weight is 387 g/mol. The fourth-order valence-electron chi connectivity index (χ4n) is 2.56. The third-order valence-electron chi connectivity index (χ3n) is 3.92. The molecule has 1 N–H and O–H groups in total. The molecule has 7 heteroatoms. The van der Waals surface area contributed by atoms with Crippen LogP contribution in [-0.4, -0.2) is 16.9 Å². The van der Waals surface area contributed by atoms with Crippen molar-refractivity contribution in [2.45, 2.75) is 19.4 Å². The zero-order chi connectivity index (χ0) is 19.4. The summed E-state index contributed by atoms with van der Waals surface area (Å²) in [5, 5.41) is 10.6. The van der Waals surface area contributed by atoms with E-state index in [1.54, 1.807) is 30.3 Å². The van der Waals surface area contributed by atoms with Gasteiger partial charge in [-0.15, -0.1) is 0 Å². The Hall–Kier alpha value is -3.12. The van der Waals surface area contributed by atoms with Gasteiger partial charge in [0.1, 0.15) is 17.9 Å². The van der Waals surface area contributed by atoms with Gasteiger partial charge in [-0.2, -0.15) is 0 Å². The van der Waals surface area contributed by atoms with Crippen molar-refractivity contribution in [2.75, 3.05) is 0 Å². The fraction of sp³-hybridized carbons (Fsp3) is 0.150. The number of fused-ring (bicyclic) bond motifs is 1. The molecule has 0 saturated heterocycles. The Morgan fingerprint density at radius 2 is 1.78 bits per heavy atom. The number of halogens is 1. The Bertz CT molecular complexity index is 1050. The lowest BCUT2D eigenvalue weighted by Gasteiger charge is -2.07. The second kappa shape index (κ2) is 8.05. The molecule has 2 aromatic carbocycles. The predicted octanol–water partition coefficient (Wildman–Crippen LogP) is 3.86. The second-order valence-corrected chi connectivity index (χ2v) is 6.30. The lowest BCUT2D eigenvalue weighted by Crippen LogP contribution is -2.09. The van der Waals surface area contributed by atoms with Crippen LogP contribution < -0.4 is 5.63 Å². The molecule has 138 valence electrons. The van der Waals surface area contributed by atoms with Gasteiger partial charge in [0, 0.05) is 40.1 Å². The lowest BCUT2D eigenvalue weighted by atomic mass is 10.1. The van der Waals surface area contributed by atoms with Crippen LogP contribution in [0.15, 0.2) is 57.7 Å². The number of benzene rings is 2. The highest BCUT2D eigenvalue weighted by Crippen LogP contribution is 2.22. The van der Waals surface area contributed by atoms with E-state index in [9.17, 15) is 19.5 Å². The Morgan fingerprint density at radius 3 is 2.52 bits per heavy atom. The maximum Gasteiger partial charge on any atom is 0.336 e. The summed E-state index contributed by atoms with van der Waals surface area (Å²) in [6.07, 6.45) is -0.0758. The summed E-state index contributed by atoms with van der Waals surface area (Å²) in [4.78, 5) is 35.6. The van der Waals surface area contributed by atoms with Crippen molar-refractivity contribution < 1.29 is 23.8 Å². The molecule has 3 rings (SSSR count). The number of carbonyl (C=O) groups is 2. The van der Waals surface area contributed by atoms with Crippen LogP contribution in [0.3, 0.4) is 0 Å². The van der Waals surface area contributed by atoms with E-state index in [1.807, 2.05) is 0 Å². The number of phenols is 1. The Morgan fingerprint density at radius 1 is 1.04 bits per heavy atom. The zero-order valence-electron chi connectivity index (χ0n) is 14.1. The van der Waals surface area contributed by atoms with E-state index in [4.69, 9.17) is 20.8 Å². The summed E-state index contributed by atoms with van der Waals surface area (Å²) in [6, 6.07) is 12.0. The Balaban J connectivity index is 1.61. The summed E-state index contributed by atoms with van der Waals surface area (Å²) in [5.74, 6) is -0.789. The van der Waals surface area contributed by atoms with Crippen LogP contribution in [0.4, 0.5) is 0 Å². The molecule has 0 spiro atoms. The summed E-state index contributed by atoms with van der Waals surface area (Å²) in [7, 11) is 0. The van der Waals surface area contributed by atoms with Gasteiger partial charge in [-0.25, -0.2) is 4.79 Å². The molecule has 0 bridgehead atoms. The maximum atomic E-state index is 12.1. The van der Waals surface area contributed by atoms with Gasteiger partial charge in [-0.05, 0) is 36.4 Å². The van der Waals surface area contributed by atoms with Crippen LogP contribution in [0, 0.1) is 0 Å². The first-order chi connectivity index (χ1) is 12.9. The number of Topliss-reactive ketones (excluding diaryl/α,β-unsaturated/α-hetero) is 1. The zero-order valence-corrected chi connectivity index (χ0v) is 14.9. The lowest BCUT2D eigenvalue weighted by molar-refractivity contribution is -0.144. The van der Waals surface area contributed by atoms with E-state index in [-0.39, 0.29) is 36.6 Å². The van der Waals surface area contributed by atoms with Crippen LogP contribution in [-0.2, 0) is 16.1 Å². The number of rotatable bonds is 6. The molecule has 0 saturated carbocycles. The average Bonchev–Trinajstić information content (AvgIpc) is 2.64. The van der Waals surface area contributed by atoms with Crippen LogP contribution in [0.2, 0.25) is 5.02 Å². The van der Waals surface area contributed by atoms with Gasteiger partial charge in [0.2, 0.25) is 0 Å². The first-order valence-electron chi connectivity index (χ1n) is 8.12. The number of ketones is 1. The molecule has 1 aromatic heterocycles. The van der Waals surface area contributed by atoms with E-state index in [0.29, 0.717) is 21.5 Å². The van der Waals surface area contributed by atoms with Gasteiger partial charge in [0.05, 0.1) is 6.42 Å². The molecule has 0 aliphatic heterocycles. The second-order valence-electron chi connectivity index (χ2n) is 5.86. The smallest absolute Gasteiger partial charge is 0.336 e. The van der Waals surface area contributed by atoms with Gasteiger partial charge in [-0.3, -0.25) is 9.59 Å². The minimum absolute atomic E-state index is 0.00597. The highest BCUT2D eigenvalue weighted by molar-refractivity contribution is 6.30. The normalized spacial score (nSPS) is 10.7. The molecule has 0 aliphatic carbocycles. The minimum atomic E-state index is -0.614. The number of hydrogen-bond donors (Lipinski definition) is 1. The molecule has 0 fully saturated rings. The molecule has 0 unspecified atom stereocenters. The summed E-state index contributed by atoms with van der Waals surface area (Å²) >= 11 is 5.78. The van der Waals surface area contributed by atoms with E-state index < -0.39 is 11.6 Å². The largest absolute Gasteiger partial charge is 0.508 e. The Kier molecular flexibility index (Phi) is 5.57. The predicted molar refractivity (Wildman–Crippen MR) is 99.0 cm³/mol. The fourth-order valence-corrected chi connectivity index (χ4v) is 2.69. The van der Waals surface area contributed by atoms with Crippen molar-refractivity contribution in [1.29, 1.82) is 0 Å². The van der Waals surface area contributed by atoms with Crippen LogP contribution >= 0.6 is 11.6 Å². The maximum absolute atomic E-state index is 12.1. The van der Waals surface area contributed by atoms with Gasteiger partial charge < -0.3 is 14.3 Å². The van der Waals surface area contributed by atoms with Crippen LogP contribution in [0.25, 0.3) is 11.0 Å². The molecule has 0 radical (unpaired) electrons. The number of aromatic hydroxyl groups is 1. The first-order valence-corrected chi connectivity index (χ1v) is 8.50. The topological polar surface area (TPSA) is 93.8 Å². The molecule has 0 amide bonds. The van der Waals surface area contributed by atoms with Crippen LogP contribution in [0.5, 0.6) is 5.75 Å². The highest BCUT2D eigenvalue weighted by atomic mass is 35.5. The molecular weight excluding hydrogens is 372 g/mol. The van der Waals surface area contributed by atoms with E-state index >= 15 is 0 Å². The molecule has 6 nitrogen and oxygen atoms in total. The van der Waals surface area contributed by atoms with E-state index in [1.165, 1.54) is 18.2 Å². The molecule has 27 heavy (non-hydrogen) atoms. The third kappa shape index (κ3) is 4.74. The van der Waals surface area contributed by atoms with Crippen molar-refractivity contribution in [2.24, 2.45) is 0 Å². The molecule has 3 aromatic rings. The first kappa shape index (κ1) is 18.7. The van der Waals surface area contributed by atoms with Crippen molar-refractivity contribution in [1.82, 2.24) is 0 Å². The minimum Gasteiger partial charge on any atom is -0.508 e. The van der Waals surface area contributed by atoms with Crippen molar-refractivity contribution in [3.63, 3.8) is 0 Å². The highest BCUT2D eigenvalue weighted by Gasteiger charge is 2.12. The number of carbonyl (C=O) groups excluding carboxylic acids is 2. The van der Waals surface area contributed by atoms with Crippen molar-refractivity contribution in [3.8, 4) is 5.75 Å². The van der Waals surface area contributed by atoms with E-state index in [2.05, 4.69) is 0 Å². The molecule has 1 heterocycles. The number of ether oxygens (including phenoxy) is 1. The Labute approximate surface area is 158 Å². The van der Waals surface area contributed by atoms with Gasteiger partial charge in [0.25, 0.3) is 0 Å². The monoisotopic (exact) mass is 386 g/mol. The SMILES string of the molecule is O=C(CCC(=O)c1ccc(Cl)cc1)OCc1cc(=O)oc2cc(O)ccc12. The third-order valence-corrected chi connectivity index (χ3v) is 4.18. The van der Waals surface area contributed by atoms with Gasteiger partial charge in [-0.1, -0.05) is 11.6 Å². The standard InChI is InChI=1S/C20H15ClO6/c21-14-3-1-12(2-4-14)17(23)7-8-19(24)26-11-13-9-20(25)27-18-10-15(22)5-6-16(13)18/h1-6,9-10,22H,7-8,11H2. The molecule has 0 aliphatic rings. The molecular formula is C20H15ClO6. The number of phenolic OH excluding ortho intramolecular Hbond substituents is 1. The number of hydrogen-bond acceptors (Lipinski definition) is 6. The summed E-state index contributed by atoms with van der Waals surface area (Å²) < 4.78 is 10.2. The van der Waals surface area contributed by atoms with Crippen molar-refractivity contribution >= 4 is 34.3 Å². The van der Waals surface area contributed by atoms with Crippen LogP contribution in [0.1, 0.15) is 28.8 Å². The quantitative estimate of drug-likeness (QED) is 0.393.